The van der Waals surface area contributed by atoms with Gasteiger partial charge in [0, 0.05) is 6.92 Å². The van der Waals surface area contributed by atoms with E-state index in [1.54, 1.807) is 0 Å². The number of hydrogen-bond donors (Lipinski definition) is 0. The highest BCUT2D eigenvalue weighted by Crippen LogP contribution is 2.07. The molecule has 0 aromatic carbocycles. The van der Waals surface area contributed by atoms with Gasteiger partial charge in [-0.15, -0.1) is 0 Å². The van der Waals surface area contributed by atoms with Gasteiger partial charge in [0.05, 0.1) is 0 Å². The summed E-state index contributed by atoms with van der Waals surface area (Å²) in [5.41, 5.74) is 0. The number of esters is 1. The average molecular weight is 118 g/mol. The molecule has 1 aliphatic rings. The van der Waals surface area contributed by atoms with Gasteiger partial charge in [-0.3, -0.25) is 14.3 Å². The zero-order valence-corrected chi connectivity index (χ0v) is 4.42. The Morgan fingerprint density at radius 3 is 2.50 bits per heavy atom. The van der Waals surface area contributed by atoms with E-state index in [0.29, 0.717) is 0 Å². The van der Waals surface area contributed by atoms with Gasteiger partial charge in [-0.2, -0.15) is 0 Å². The zero-order valence-electron chi connectivity index (χ0n) is 4.42. The minimum atomic E-state index is -0.743. The molecule has 4 heteroatoms. The third-order valence-electron chi connectivity index (χ3n) is 0.670. The van der Waals surface area contributed by atoms with Gasteiger partial charge < -0.3 is 4.74 Å². The number of ether oxygens (including phenoxy) is 3. The summed E-state index contributed by atoms with van der Waals surface area (Å²) in [5, 5.41) is 0. The zero-order chi connectivity index (χ0) is 5.98. The Kier molecular flexibility index (Phi) is 1.45. The molecule has 0 unspecified atom stereocenters. The third-order valence-corrected chi connectivity index (χ3v) is 0.670. The van der Waals surface area contributed by atoms with Crippen molar-refractivity contribution in [1.29, 1.82) is 0 Å². The van der Waals surface area contributed by atoms with Crippen LogP contribution in [-0.2, 0) is 19.0 Å². The molecule has 0 amide bonds. The second kappa shape index (κ2) is 2.11. The van der Waals surface area contributed by atoms with E-state index in [1.807, 2.05) is 0 Å². The second-order valence-electron chi connectivity index (χ2n) is 1.35. The predicted molar refractivity (Wildman–Crippen MR) is 22.6 cm³/mol. The second-order valence-corrected chi connectivity index (χ2v) is 1.35. The summed E-state index contributed by atoms with van der Waals surface area (Å²) < 4.78 is 13.6. The van der Waals surface area contributed by atoms with Crippen LogP contribution in [0.1, 0.15) is 6.92 Å². The van der Waals surface area contributed by atoms with Crippen LogP contribution < -0.4 is 0 Å². The number of hydrogen-bond acceptors (Lipinski definition) is 4. The van der Waals surface area contributed by atoms with Crippen molar-refractivity contribution >= 4 is 5.97 Å². The molecule has 0 saturated carbocycles. The van der Waals surface area contributed by atoms with E-state index >= 15 is 0 Å². The lowest BCUT2D eigenvalue weighted by molar-refractivity contribution is -0.406. The highest BCUT2D eigenvalue weighted by Gasteiger charge is 2.20. The molecule has 0 bridgehead atoms. The molecule has 1 fully saturated rings. The van der Waals surface area contributed by atoms with Crippen LogP contribution in [0.4, 0.5) is 0 Å². The number of carbonyl (C=O) groups is 1. The normalized spacial score (nSPS) is 19.6. The maximum Gasteiger partial charge on any atom is 0.322 e. The van der Waals surface area contributed by atoms with Crippen LogP contribution in [0.25, 0.3) is 0 Å². The van der Waals surface area contributed by atoms with Gasteiger partial charge >= 0.3 is 12.4 Å². The van der Waals surface area contributed by atoms with Gasteiger partial charge in [0.2, 0.25) is 0 Å². The molecule has 0 aliphatic carbocycles. The third kappa shape index (κ3) is 1.18. The lowest BCUT2D eigenvalue weighted by Gasteiger charge is -2.24. The van der Waals surface area contributed by atoms with E-state index in [4.69, 9.17) is 0 Å². The minimum absolute atomic E-state index is 0.220. The van der Waals surface area contributed by atoms with Crippen molar-refractivity contribution in [3.8, 4) is 0 Å². The molecule has 1 rings (SSSR count). The highest BCUT2D eigenvalue weighted by atomic mass is 17.0. The molecule has 0 N–H and O–H groups in total. The quantitative estimate of drug-likeness (QED) is 0.449. The maximum absolute atomic E-state index is 10.1. The van der Waals surface area contributed by atoms with Gasteiger partial charge in [0.25, 0.3) is 0 Å². The Bertz CT molecular complexity index is 96.2. The molecule has 0 atom stereocenters. The summed E-state index contributed by atoms with van der Waals surface area (Å²) in [6.07, 6.45) is 0. The topological polar surface area (TPSA) is 44.8 Å². The van der Waals surface area contributed by atoms with Crippen molar-refractivity contribution < 1.29 is 19.0 Å². The fraction of sp³-hybridized carbons (Fsp3) is 0.750. The number of carbonyl (C=O) groups excluding carboxylic acids is 1. The van der Waals surface area contributed by atoms with E-state index < -0.39 is 12.4 Å². The fourth-order valence-corrected chi connectivity index (χ4v) is 0.327. The van der Waals surface area contributed by atoms with Crippen LogP contribution in [0.3, 0.4) is 0 Å². The standard InChI is InChI=1S/C4H6O4/c1-3(5)8-4-6-2-7-4/h4H,2H2,1H3. The van der Waals surface area contributed by atoms with Crippen molar-refractivity contribution in [3.05, 3.63) is 0 Å². The molecule has 0 aromatic heterocycles. The number of rotatable bonds is 1. The van der Waals surface area contributed by atoms with E-state index in [1.165, 1.54) is 6.92 Å². The molecule has 1 saturated heterocycles. The maximum atomic E-state index is 10.1. The summed E-state index contributed by atoms with van der Waals surface area (Å²) in [4.78, 5) is 10.1. The van der Waals surface area contributed by atoms with E-state index in [9.17, 15) is 4.79 Å². The lowest BCUT2D eigenvalue weighted by atomic mass is 10.8. The fourth-order valence-electron chi connectivity index (χ4n) is 0.327. The summed E-state index contributed by atoms with van der Waals surface area (Å²) in [7, 11) is 0. The molecule has 1 heterocycles. The lowest BCUT2D eigenvalue weighted by Crippen LogP contribution is -2.34. The van der Waals surface area contributed by atoms with Crippen molar-refractivity contribution in [3.63, 3.8) is 0 Å². The smallest absolute Gasteiger partial charge is 0.322 e. The SMILES string of the molecule is CC(=O)OC1OCO1. The van der Waals surface area contributed by atoms with Crippen molar-refractivity contribution in [1.82, 2.24) is 0 Å². The van der Waals surface area contributed by atoms with E-state index in [-0.39, 0.29) is 6.79 Å². The van der Waals surface area contributed by atoms with Gasteiger partial charge in [-0.1, -0.05) is 0 Å². The van der Waals surface area contributed by atoms with Crippen LogP contribution in [0.5, 0.6) is 0 Å². The molecule has 0 radical (unpaired) electrons. The highest BCUT2D eigenvalue weighted by molar-refractivity contribution is 5.65. The summed E-state index contributed by atoms with van der Waals surface area (Å²) in [5.74, 6) is -0.394. The Hall–Kier alpha value is -0.610. The molecule has 8 heavy (non-hydrogen) atoms. The largest absolute Gasteiger partial charge is 0.410 e. The molecule has 0 aromatic rings. The summed E-state index contributed by atoms with van der Waals surface area (Å²) in [6.45, 7) is 0.774. The molecular weight excluding hydrogens is 112 g/mol. The van der Waals surface area contributed by atoms with Crippen LogP contribution in [-0.4, -0.2) is 19.2 Å². The van der Waals surface area contributed by atoms with E-state index in [2.05, 4.69) is 14.2 Å². The van der Waals surface area contributed by atoms with Crippen LogP contribution >= 0.6 is 0 Å². The Labute approximate surface area is 46.3 Å². The van der Waals surface area contributed by atoms with Crippen molar-refractivity contribution in [2.24, 2.45) is 0 Å². The van der Waals surface area contributed by atoms with Crippen LogP contribution in [0, 0.1) is 0 Å². The average Bonchev–Trinajstić information content (AvgIpc) is 1.55. The molecular formula is C4H6O4. The summed E-state index contributed by atoms with van der Waals surface area (Å²) in [6, 6.07) is 0. The predicted octanol–water partition coefficient (Wildman–Crippen LogP) is -0.163. The Morgan fingerprint density at radius 2 is 2.38 bits per heavy atom. The first kappa shape index (κ1) is 5.53. The van der Waals surface area contributed by atoms with Crippen LogP contribution in [0.2, 0.25) is 0 Å². The van der Waals surface area contributed by atoms with Crippen LogP contribution in [0.15, 0.2) is 0 Å². The minimum Gasteiger partial charge on any atom is -0.410 e. The molecule has 46 valence electrons. The Morgan fingerprint density at radius 1 is 1.75 bits per heavy atom. The molecule has 1 aliphatic heterocycles. The van der Waals surface area contributed by atoms with Gasteiger partial charge in [0.15, 0.2) is 6.79 Å². The summed E-state index contributed by atoms with van der Waals surface area (Å²) >= 11 is 0. The first-order chi connectivity index (χ1) is 3.79. The van der Waals surface area contributed by atoms with Crippen molar-refractivity contribution in [2.45, 2.75) is 13.4 Å². The molecule has 4 nitrogen and oxygen atoms in total. The van der Waals surface area contributed by atoms with Crippen molar-refractivity contribution in [2.75, 3.05) is 6.79 Å². The first-order valence-electron chi connectivity index (χ1n) is 2.19. The Balaban J connectivity index is 2.09. The first-order valence-corrected chi connectivity index (χ1v) is 2.19. The molecule has 0 spiro atoms. The van der Waals surface area contributed by atoms with E-state index in [0.717, 1.165) is 0 Å². The van der Waals surface area contributed by atoms with Gasteiger partial charge in [-0.25, -0.2) is 0 Å². The van der Waals surface area contributed by atoms with Gasteiger partial charge in [0.1, 0.15) is 0 Å². The monoisotopic (exact) mass is 118 g/mol. The van der Waals surface area contributed by atoms with Gasteiger partial charge in [-0.05, 0) is 0 Å².